The van der Waals surface area contributed by atoms with Crippen LogP contribution in [0.4, 0.5) is 0 Å². The normalized spacial score (nSPS) is 22.9. The van der Waals surface area contributed by atoms with Crippen molar-refractivity contribution in [3.8, 4) is 0 Å². The smallest absolute Gasteiger partial charge is 0.333 e. The van der Waals surface area contributed by atoms with Gasteiger partial charge in [0, 0.05) is 19.2 Å². The standard InChI is InChI=1S/C12H16N2O3/c15-10(11(16)17)12(4-5-12)8-7-14-6-2-1-3-9(14)13-8/h7,10,15H,1-6H2,(H,16,17). The summed E-state index contributed by atoms with van der Waals surface area (Å²) in [6.45, 7) is 0.960. The van der Waals surface area contributed by atoms with Crippen LogP contribution in [-0.4, -0.2) is 31.8 Å². The summed E-state index contributed by atoms with van der Waals surface area (Å²) in [4.78, 5) is 15.4. The number of aromatic nitrogens is 2. The number of fused-ring (bicyclic) bond motifs is 1. The average molecular weight is 236 g/mol. The quantitative estimate of drug-likeness (QED) is 0.810. The Balaban J connectivity index is 1.94. The van der Waals surface area contributed by atoms with Gasteiger partial charge in [0.25, 0.3) is 0 Å². The third kappa shape index (κ3) is 1.57. The average Bonchev–Trinajstić information content (AvgIpc) is 3.01. The summed E-state index contributed by atoms with van der Waals surface area (Å²) in [7, 11) is 0. The molecule has 0 radical (unpaired) electrons. The zero-order chi connectivity index (χ0) is 12.0. The number of carboxylic acid groups (broad SMARTS) is 1. The van der Waals surface area contributed by atoms with Crippen LogP contribution in [-0.2, 0) is 23.2 Å². The Labute approximate surface area is 99.1 Å². The molecule has 92 valence electrons. The van der Waals surface area contributed by atoms with Gasteiger partial charge in [-0.2, -0.15) is 0 Å². The van der Waals surface area contributed by atoms with Crippen LogP contribution in [0.15, 0.2) is 6.20 Å². The molecule has 2 N–H and O–H groups in total. The van der Waals surface area contributed by atoms with Gasteiger partial charge in [-0.25, -0.2) is 9.78 Å². The van der Waals surface area contributed by atoms with E-state index in [-0.39, 0.29) is 0 Å². The first kappa shape index (κ1) is 10.8. The number of hydrogen-bond donors (Lipinski definition) is 2. The highest BCUT2D eigenvalue weighted by atomic mass is 16.4. The van der Waals surface area contributed by atoms with E-state index in [1.165, 1.54) is 0 Å². The minimum Gasteiger partial charge on any atom is -0.479 e. The van der Waals surface area contributed by atoms with Gasteiger partial charge < -0.3 is 14.8 Å². The number of aliphatic hydroxyl groups is 1. The topological polar surface area (TPSA) is 75.3 Å². The number of rotatable bonds is 3. The molecule has 2 heterocycles. The van der Waals surface area contributed by atoms with Gasteiger partial charge in [0.15, 0.2) is 6.10 Å². The summed E-state index contributed by atoms with van der Waals surface area (Å²) in [6, 6.07) is 0. The molecule has 17 heavy (non-hydrogen) atoms. The molecule has 5 heteroatoms. The summed E-state index contributed by atoms with van der Waals surface area (Å²) in [5.41, 5.74) is 0.153. The van der Waals surface area contributed by atoms with Crippen molar-refractivity contribution in [2.24, 2.45) is 0 Å². The first-order chi connectivity index (χ1) is 8.13. The van der Waals surface area contributed by atoms with Crippen molar-refractivity contribution in [1.29, 1.82) is 0 Å². The Hall–Kier alpha value is -1.36. The number of carbonyl (C=O) groups is 1. The third-order valence-corrected chi connectivity index (χ3v) is 3.96. The Morgan fingerprint density at radius 2 is 2.24 bits per heavy atom. The van der Waals surface area contributed by atoms with Crippen molar-refractivity contribution in [3.63, 3.8) is 0 Å². The maximum Gasteiger partial charge on any atom is 0.333 e. The summed E-state index contributed by atoms with van der Waals surface area (Å²) >= 11 is 0. The molecule has 1 aromatic heterocycles. The number of aliphatic hydroxyl groups excluding tert-OH is 1. The van der Waals surface area contributed by atoms with Crippen LogP contribution < -0.4 is 0 Å². The first-order valence-electron chi connectivity index (χ1n) is 6.11. The molecule has 0 spiro atoms. The fraction of sp³-hybridized carbons (Fsp3) is 0.667. The second kappa shape index (κ2) is 3.57. The minimum atomic E-state index is -1.32. The van der Waals surface area contributed by atoms with Gasteiger partial charge in [-0.1, -0.05) is 0 Å². The van der Waals surface area contributed by atoms with E-state index in [0.29, 0.717) is 0 Å². The van der Waals surface area contributed by atoms with Gasteiger partial charge in [-0.15, -0.1) is 0 Å². The monoisotopic (exact) mass is 236 g/mol. The maximum absolute atomic E-state index is 10.9. The van der Waals surface area contributed by atoms with E-state index in [4.69, 9.17) is 5.11 Å². The molecule has 0 amide bonds. The molecule has 1 saturated carbocycles. The molecule has 1 unspecified atom stereocenters. The summed E-state index contributed by atoms with van der Waals surface area (Å²) < 4.78 is 2.10. The van der Waals surface area contributed by atoms with Crippen molar-refractivity contribution in [2.75, 3.05) is 0 Å². The number of hydrogen-bond acceptors (Lipinski definition) is 3. The van der Waals surface area contributed by atoms with Gasteiger partial charge in [0.1, 0.15) is 5.82 Å². The molecule has 0 saturated heterocycles. The second-order valence-corrected chi connectivity index (χ2v) is 5.09. The zero-order valence-electron chi connectivity index (χ0n) is 9.59. The van der Waals surface area contributed by atoms with E-state index in [9.17, 15) is 9.90 Å². The highest BCUT2D eigenvalue weighted by molar-refractivity contribution is 5.75. The first-order valence-corrected chi connectivity index (χ1v) is 6.11. The lowest BCUT2D eigenvalue weighted by molar-refractivity contribution is -0.148. The highest BCUT2D eigenvalue weighted by Gasteiger charge is 2.55. The molecule has 0 bridgehead atoms. The molecule has 1 atom stereocenters. The minimum absolute atomic E-state index is 0.615. The number of carboxylic acids is 1. The van der Waals surface area contributed by atoms with Crippen LogP contribution in [0.5, 0.6) is 0 Å². The van der Waals surface area contributed by atoms with Crippen LogP contribution in [0.3, 0.4) is 0 Å². The largest absolute Gasteiger partial charge is 0.479 e. The van der Waals surface area contributed by atoms with Crippen molar-refractivity contribution in [3.05, 3.63) is 17.7 Å². The van der Waals surface area contributed by atoms with Crippen molar-refractivity contribution in [2.45, 2.75) is 50.2 Å². The van der Waals surface area contributed by atoms with E-state index < -0.39 is 17.5 Å². The predicted molar refractivity (Wildman–Crippen MR) is 59.7 cm³/mol. The highest BCUT2D eigenvalue weighted by Crippen LogP contribution is 2.50. The number of aryl methyl sites for hydroxylation is 2. The van der Waals surface area contributed by atoms with Crippen LogP contribution in [0, 0.1) is 0 Å². The summed E-state index contributed by atoms with van der Waals surface area (Å²) in [5, 5.41) is 18.7. The van der Waals surface area contributed by atoms with E-state index in [0.717, 1.165) is 50.2 Å². The second-order valence-electron chi connectivity index (χ2n) is 5.09. The lowest BCUT2D eigenvalue weighted by atomic mass is 9.96. The van der Waals surface area contributed by atoms with Crippen LogP contribution in [0.2, 0.25) is 0 Å². The molecule has 1 fully saturated rings. The predicted octanol–water partition coefficient (Wildman–Crippen LogP) is 0.696. The molecule has 1 aromatic rings. The van der Waals surface area contributed by atoms with E-state index in [2.05, 4.69) is 9.55 Å². The summed E-state index contributed by atoms with van der Waals surface area (Å²) in [6.07, 6.45) is 5.31. The molecular weight excluding hydrogens is 220 g/mol. The zero-order valence-corrected chi connectivity index (χ0v) is 9.59. The Morgan fingerprint density at radius 3 is 2.82 bits per heavy atom. The van der Waals surface area contributed by atoms with E-state index in [1.54, 1.807) is 0 Å². The molecule has 0 aromatic carbocycles. The van der Waals surface area contributed by atoms with E-state index in [1.807, 2.05) is 6.20 Å². The Bertz CT molecular complexity index is 439. The van der Waals surface area contributed by atoms with Crippen LogP contribution >= 0.6 is 0 Å². The molecule has 1 aliphatic carbocycles. The lowest BCUT2D eigenvalue weighted by Gasteiger charge is -2.15. The maximum atomic E-state index is 10.9. The SMILES string of the molecule is O=C(O)C(O)C1(c2cn3c(n2)CCCC3)CC1. The van der Waals surface area contributed by atoms with Gasteiger partial charge >= 0.3 is 5.97 Å². The summed E-state index contributed by atoms with van der Waals surface area (Å²) in [5.74, 6) is -0.108. The van der Waals surface area contributed by atoms with Crippen molar-refractivity contribution in [1.82, 2.24) is 9.55 Å². The van der Waals surface area contributed by atoms with Gasteiger partial charge in [0.2, 0.25) is 0 Å². The number of imidazole rings is 1. The molecule has 3 rings (SSSR count). The number of nitrogens with zero attached hydrogens (tertiary/aromatic N) is 2. The molecular formula is C12H16N2O3. The van der Waals surface area contributed by atoms with E-state index >= 15 is 0 Å². The van der Waals surface area contributed by atoms with Gasteiger partial charge in [-0.3, -0.25) is 0 Å². The fourth-order valence-electron chi connectivity index (χ4n) is 2.69. The lowest BCUT2D eigenvalue weighted by Crippen LogP contribution is -2.34. The van der Waals surface area contributed by atoms with Crippen LogP contribution in [0.25, 0.3) is 0 Å². The van der Waals surface area contributed by atoms with Crippen molar-refractivity contribution >= 4 is 5.97 Å². The molecule has 2 aliphatic rings. The van der Waals surface area contributed by atoms with Gasteiger partial charge in [-0.05, 0) is 25.7 Å². The molecule has 1 aliphatic heterocycles. The van der Waals surface area contributed by atoms with Gasteiger partial charge in [0.05, 0.1) is 11.1 Å². The Morgan fingerprint density at radius 1 is 1.47 bits per heavy atom. The third-order valence-electron chi connectivity index (χ3n) is 3.96. The fourth-order valence-corrected chi connectivity index (χ4v) is 2.69. The Kier molecular flexibility index (Phi) is 2.26. The van der Waals surface area contributed by atoms with Crippen LogP contribution in [0.1, 0.15) is 37.2 Å². The molecule has 5 nitrogen and oxygen atoms in total. The van der Waals surface area contributed by atoms with Crippen molar-refractivity contribution < 1.29 is 15.0 Å². The number of aliphatic carboxylic acids is 1.